The zero-order valence-electron chi connectivity index (χ0n) is 19.5. The zero-order valence-corrected chi connectivity index (χ0v) is 19.5. The molecule has 31 heavy (non-hydrogen) atoms. The topological polar surface area (TPSA) is 40.6 Å². The van der Waals surface area contributed by atoms with Gasteiger partial charge in [0.2, 0.25) is 0 Å². The smallest absolute Gasteiger partial charge is 0.282 e. The first-order valence-corrected chi connectivity index (χ1v) is 11.2. The molecular weight excluding hydrogens is 384 g/mol. The second kappa shape index (κ2) is 7.99. The Balaban J connectivity index is 1.90. The normalized spacial score (nSPS) is 22.0. The largest absolute Gasteiger partial charge is 0.366 e. The van der Waals surface area contributed by atoms with Crippen LogP contribution in [0.1, 0.15) is 48.1 Å². The van der Waals surface area contributed by atoms with Gasteiger partial charge < -0.3 is 4.90 Å². The Morgan fingerprint density at radius 3 is 2.16 bits per heavy atom. The number of rotatable bonds is 3. The van der Waals surface area contributed by atoms with E-state index in [0.717, 1.165) is 47.3 Å². The average Bonchev–Trinajstić information content (AvgIpc) is 2.94. The third kappa shape index (κ3) is 3.69. The number of carbonyl (C=O) groups is 2. The van der Waals surface area contributed by atoms with Crippen LogP contribution in [0.25, 0.3) is 5.57 Å². The van der Waals surface area contributed by atoms with Crippen molar-refractivity contribution in [1.29, 1.82) is 0 Å². The molecule has 4 heteroatoms. The van der Waals surface area contributed by atoms with Gasteiger partial charge in [-0.3, -0.25) is 9.59 Å². The molecule has 0 aliphatic carbocycles. The summed E-state index contributed by atoms with van der Waals surface area (Å²) in [5.74, 6) is 0.546. The predicted molar refractivity (Wildman–Crippen MR) is 126 cm³/mol. The molecule has 4 nitrogen and oxygen atoms in total. The maximum Gasteiger partial charge on any atom is 0.282 e. The molecule has 2 aromatic carbocycles. The number of hydrogen-bond acceptors (Lipinski definition) is 3. The summed E-state index contributed by atoms with van der Waals surface area (Å²) in [4.78, 5) is 31.3. The van der Waals surface area contributed by atoms with E-state index >= 15 is 0 Å². The van der Waals surface area contributed by atoms with E-state index in [1.807, 2.05) is 58.0 Å². The Hall–Kier alpha value is -2.88. The summed E-state index contributed by atoms with van der Waals surface area (Å²) in [6.07, 6.45) is 1.14. The van der Waals surface area contributed by atoms with Crippen molar-refractivity contribution in [3.8, 4) is 0 Å². The maximum absolute atomic E-state index is 13.9. The number of anilines is 1. The van der Waals surface area contributed by atoms with Gasteiger partial charge in [-0.05, 0) is 74.3 Å². The highest BCUT2D eigenvalue weighted by Crippen LogP contribution is 2.39. The lowest BCUT2D eigenvalue weighted by atomic mass is 9.90. The second-order valence-electron chi connectivity index (χ2n) is 9.56. The minimum absolute atomic E-state index is 0.199. The minimum atomic E-state index is -0.216. The number of amides is 2. The van der Waals surface area contributed by atoms with Crippen molar-refractivity contribution >= 4 is 23.1 Å². The number of imide groups is 1. The van der Waals surface area contributed by atoms with Crippen molar-refractivity contribution in [3.05, 3.63) is 69.9 Å². The van der Waals surface area contributed by atoms with Gasteiger partial charge in [-0.15, -0.1) is 0 Å². The van der Waals surface area contributed by atoms with Gasteiger partial charge in [0.1, 0.15) is 5.70 Å². The third-order valence-electron chi connectivity index (χ3n) is 6.71. The predicted octanol–water partition coefficient (Wildman–Crippen LogP) is 5.18. The first-order chi connectivity index (χ1) is 14.7. The van der Waals surface area contributed by atoms with Gasteiger partial charge in [0.25, 0.3) is 11.8 Å². The number of carbonyl (C=O) groups excluding carboxylic acids is 2. The number of likely N-dealkylation sites (tertiary alicyclic amines) is 1. The average molecular weight is 417 g/mol. The number of benzene rings is 2. The van der Waals surface area contributed by atoms with E-state index in [9.17, 15) is 9.59 Å². The molecule has 0 aromatic heterocycles. The number of piperidine rings is 1. The zero-order chi connectivity index (χ0) is 22.4. The summed E-state index contributed by atoms with van der Waals surface area (Å²) in [5, 5.41) is 0. The lowest BCUT2D eigenvalue weighted by Crippen LogP contribution is -2.42. The van der Waals surface area contributed by atoms with Crippen LogP contribution in [0.15, 0.2) is 42.1 Å². The van der Waals surface area contributed by atoms with Crippen molar-refractivity contribution in [1.82, 2.24) is 4.90 Å². The van der Waals surface area contributed by atoms with E-state index in [4.69, 9.17) is 0 Å². The molecule has 0 saturated carbocycles. The van der Waals surface area contributed by atoms with Gasteiger partial charge in [0.05, 0.1) is 11.3 Å². The molecular formula is C27H32N2O2. The van der Waals surface area contributed by atoms with Crippen molar-refractivity contribution < 1.29 is 9.59 Å². The van der Waals surface area contributed by atoms with Crippen LogP contribution >= 0.6 is 0 Å². The quantitative estimate of drug-likeness (QED) is 0.647. The first kappa shape index (κ1) is 21.4. The van der Waals surface area contributed by atoms with E-state index in [1.165, 1.54) is 4.90 Å². The van der Waals surface area contributed by atoms with Gasteiger partial charge in [-0.2, -0.15) is 0 Å². The lowest BCUT2D eigenvalue weighted by Gasteiger charge is -2.37. The molecule has 162 valence electrons. The van der Waals surface area contributed by atoms with Crippen LogP contribution in [0.4, 0.5) is 5.69 Å². The molecule has 2 heterocycles. The molecule has 2 unspecified atom stereocenters. The molecule has 0 bridgehead atoms. The summed E-state index contributed by atoms with van der Waals surface area (Å²) in [7, 11) is 0. The molecule has 1 fully saturated rings. The van der Waals surface area contributed by atoms with E-state index in [2.05, 4.69) is 24.8 Å². The summed E-state index contributed by atoms with van der Waals surface area (Å²) in [6, 6.07) is 11.9. The van der Waals surface area contributed by atoms with Crippen LogP contribution in [0.5, 0.6) is 0 Å². The fourth-order valence-electron chi connectivity index (χ4n) is 5.19. The summed E-state index contributed by atoms with van der Waals surface area (Å²) in [6.45, 7) is 14.1. The molecule has 2 amide bonds. The van der Waals surface area contributed by atoms with Gasteiger partial charge >= 0.3 is 0 Å². The van der Waals surface area contributed by atoms with E-state index in [0.29, 0.717) is 28.8 Å². The highest BCUT2D eigenvalue weighted by atomic mass is 16.2. The van der Waals surface area contributed by atoms with Gasteiger partial charge in [0, 0.05) is 13.1 Å². The van der Waals surface area contributed by atoms with Crippen molar-refractivity contribution in [3.63, 3.8) is 0 Å². The summed E-state index contributed by atoms with van der Waals surface area (Å²) in [5.41, 5.74) is 6.86. The molecule has 1 saturated heterocycles. The molecule has 2 atom stereocenters. The SMILES string of the molecule is Cc1ccc(C2=C(N3CC(C)CC(C)C3)C(=O)N(c3cccc(C)c3C)C2=O)c(C)c1. The number of hydrogen-bond donors (Lipinski definition) is 0. The highest BCUT2D eigenvalue weighted by Gasteiger charge is 2.44. The molecule has 0 N–H and O–H groups in total. The van der Waals surface area contributed by atoms with Crippen LogP contribution in [-0.2, 0) is 9.59 Å². The fraction of sp³-hybridized carbons (Fsp3) is 0.407. The molecule has 2 aliphatic heterocycles. The van der Waals surface area contributed by atoms with Gasteiger partial charge in [0.15, 0.2) is 0 Å². The monoisotopic (exact) mass is 416 g/mol. The Bertz CT molecular complexity index is 1090. The Kier molecular flexibility index (Phi) is 5.50. The molecule has 4 rings (SSSR count). The molecule has 0 radical (unpaired) electrons. The first-order valence-electron chi connectivity index (χ1n) is 11.2. The third-order valence-corrected chi connectivity index (χ3v) is 6.71. The highest BCUT2D eigenvalue weighted by molar-refractivity contribution is 6.45. The standard InChI is InChI=1S/C27H32N2O2/c1-16-10-11-22(20(5)13-16)24-25(28-14-17(2)12-18(3)15-28)27(31)29(26(24)30)23-9-7-8-19(4)21(23)6/h7-11,13,17-18H,12,14-15H2,1-6H3. The summed E-state index contributed by atoms with van der Waals surface area (Å²) < 4.78 is 0. The van der Waals surface area contributed by atoms with E-state index in [-0.39, 0.29) is 11.8 Å². The van der Waals surface area contributed by atoms with Crippen LogP contribution in [0, 0.1) is 39.5 Å². The molecule has 2 aliphatic rings. The van der Waals surface area contributed by atoms with Gasteiger partial charge in [-0.1, -0.05) is 49.7 Å². The minimum Gasteiger partial charge on any atom is -0.366 e. The second-order valence-corrected chi connectivity index (χ2v) is 9.56. The van der Waals surface area contributed by atoms with Crippen molar-refractivity contribution in [2.45, 2.75) is 48.0 Å². The molecule has 0 spiro atoms. The van der Waals surface area contributed by atoms with Crippen LogP contribution in [0.3, 0.4) is 0 Å². The van der Waals surface area contributed by atoms with Crippen LogP contribution in [-0.4, -0.2) is 29.8 Å². The van der Waals surface area contributed by atoms with Gasteiger partial charge in [-0.25, -0.2) is 4.90 Å². The van der Waals surface area contributed by atoms with E-state index in [1.54, 1.807) is 0 Å². The Morgan fingerprint density at radius 2 is 1.52 bits per heavy atom. The number of aryl methyl sites for hydroxylation is 3. The number of nitrogens with zero attached hydrogens (tertiary/aromatic N) is 2. The van der Waals surface area contributed by atoms with Crippen LogP contribution < -0.4 is 4.90 Å². The lowest BCUT2D eigenvalue weighted by molar-refractivity contribution is -0.120. The Labute approximate surface area is 185 Å². The molecule has 2 aromatic rings. The Morgan fingerprint density at radius 1 is 0.839 bits per heavy atom. The summed E-state index contributed by atoms with van der Waals surface area (Å²) >= 11 is 0. The van der Waals surface area contributed by atoms with E-state index < -0.39 is 0 Å². The van der Waals surface area contributed by atoms with Crippen molar-refractivity contribution in [2.24, 2.45) is 11.8 Å². The fourth-order valence-corrected chi connectivity index (χ4v) is 5.19. The van der Waals surface area contributed by atoms with Crippen molar-refractivity contribution in [2.75, 3.05) is 18.0 Å². The maximum atomic E-state index is 13.9. The van der Waals surface area contributed by atoms with Crippen LogP contribution in [0.2, 0.25) is 0 Å².